The van der Waals surface area contributed by atoms with E-state index in [4.69, 9.17) is 4.84 Å². The van der Waals surface area contributed by atoms with Crippen LogP contribution in [0.1, 0.15) is 28.0 Å². The van der Waals surface area contributed by atoms with Gasteiger partial charge in [-0.15, -0.1) is 0 Å². The highest BCUT2D eigenvalue weighted by molar-refractivity contribution is 6.08. The lowest BCUT2D eigenvalue weighted by Crippen LogP contribution is -2.28. The van der Waals surface area contributed by atoms with Crippen LogP contribution in [0.4, 0.5) is 5.69 Å². The van der Waals surface area contributed by atoms with Gasteiger partial charge in [0.05, 0.1) is 5.71 Å². The fraction of sp³-hybridized carbons (Fsp3) is 0.0952. The third-order valence-corrected chi connectivity index (χ3v) is 4.27. The van der Waals surface area contributed by atoms with Crippen LogP contribution in [0.15, 0.2) is 78.3 Å². The molecule has 0 radical (unpaired) electrons. The third-order valence-electron chi connectivity index (χ3n) is 4.27. The lowest BCUT2D eigenvalue weighted by Gasteiger charge is -2.10. The number of oxime groups is 1. The Labute approximate surface area is 161 Å². The van der Waals surface area contributed by atoms with E-state index in [-0.39, 0.29) is 11.7 Å². The summed E-state index contributed by atoms with van der Waals surface area (Å²) in [5.41, 5.74) is 2.95. The van der Waals surface area contributed by atoms with E-state index < -0.39 is 6.10 Å². The van der Waals surface area contributed by atoms with Gasteiger partial charge in [-0.3, -0.25) is 19.6 Å². The van der Waals surface area contributed by atoms with Crippen LogP contribution in [0.25, 0.3) is 0 Å². The van der Waals surface area contributed by atoms with E-state index in [1.807, 2.05) is 6.07 Å². The van der Waals surface area contributed by atoms with Gasteiger partial charge in [0, 0.05) is 41.8 Å². The maximum atomic E-state index is 12.4. The van der Waals surface area contributed by atoms with Gasteiger partial charge in [-0.2, -0.15) is 0 Å². The van der Waals surface area contributed by atoms with E-state index in [0.717, 1.165) is 5.56 Å². The first kappa shape index (κ1) is 17.5. The molecule has 0 fully saturated rings. The first-order valence-corrected chi connectivity index (χ1v) is 8.70. The van der Waals surface area contributed by atoms with E-state index >= 15 is 0 Å². The average molecular weight is 372 g/mol. The minimum atomic E-state index is -0.704. The maximum Gasteiger partial charge on any atom is 0.268 e. The van der Waals surface area contributed by atoms with Crippen molar-refractivity contribution in [3.8, 4) is 0 Å². The van der Waals surface area contributed by atoms with Gasteiger partial charge < -0.3 is 10.2 Å². The number of pyridine rings is 2. The quantitative estimate of drug-likeness (QED) is 0.695. The second-order valence-corrected chi connectivity index (χ2v) is 6.19. The first-order chi connectivity index (χ1) is 13.7. The van der Waals surface area contributed by atoms with Gasteiger partial charge in [0.2, 0.25) is 11.9 Å². The monoisotopic (exact) mass is 372 g/mol. The molecule has 7 heteroatoms. The molecule has 0 spiro atoms. The van der Waals surface area contributed by atoms with Crippen molar-refractivity contribution < 1.29 is 14.4 Å². The SMILES string of the molecule is O=C(c1ccc(NC(=O)C2CC(c3cccnc3)=NO2)cc1)c1ccccn1. The molecule has 1 N–H and O–H groups in total. The number of aromatic nitrogens is 2. The highest BCUT2D eigenvalue weighted by atomic mass is 16.6. The van der Waals surface area contributed by atoms with E-state index in [1.165, 1.54) is 0 Å². The molecule has 138 valence electrons. The second-order valence-electron chi connectivity index (χ2n) is 6.19. The van der Waals surface area contributed by atoms with Gasteiger partial charge in [0.15, 0.2) is 0 Å². The molecule has 4 rings (SSSR count). The molecule has 28 heavy (non-hydrogen) atoms. The van der Waals surface area contributed by atoms with Crippen molar-refractivity contribution in [3.63, 3.8) is 0 Å². The van der Waals surface area contributed by atoms with Gasteiger partial charge in [0.1, 0.15) is 5.69 Å². The van der Waals surface area contributed by atoms with Gasteiger partial charge in [-0.05, 0) is 48.5 Å². The lowest BCUT2D eigenvalue weighted by atomic mass is 10.1. The lowest BCUT2D eigenvalue weighted by molar-refractivity contribution is -0.125. The van der Waals surface area contributed by atoms with Crippen LogP contribution >= 0.6 is 0 Å². The van der Waals surface area contributed by atoms with Crippen molar-refractivity contribution in [2.45, 2.75) is 12.5 Å². The van der Waals surface area contributed by atoms with Crippen molar-refractivity contribution in [2.75, 3.05) is 5.32 Å². The molecule has 0 bridgehead atoms. The molecule has 1 atom stereocenters. The number of rotatable bonds is 5. The standard InChI is InChI=1S/C21H16N4O3/c26-20(17-5-1-2-11-23-17)14-6-8-16(9-7-14)24-21(27)19-12-18(25-28-19)15-4-3-10-22-13-15/h1-11,13,19H,12H2,(H,24,27). The molecular weight excluding hydrogens is 356 g/mol. The second kappa shape index (κ2) is 7.79. The van der Waals surface area contributed by atoms with Crippen molar-refractivity contribution in [1.29, 1.82) is 0 Å². The third kappa shape index (κ3) is 3.78. The molecule has 1 unspecified atom stereocenters. The zero-order valence-corrected chi connectivity index (χ0v) is 14.8. The van der Waals surface area contributed by atoms with Gasteiger partial charge in [0.25, 0.3) is 5.91 Å². The Morgan fingerprint density at radius 3 is 2.57 bits per heavy atom. The number of nitrogens with one attached hydrogen (secondary N) is 1. The zero-order valence-electron chi connectivity index (χ0n) is 14.8. The Morgan fingerprint density at radius 2 is 1.86 bits per heavy atom. The molecule has 1 aliphatic heterocycles. The molecule has 1 aliphatic rings. The van der Waals surface area contributed by atoms with Gasteiger partial charge >= 0.3 is 0 Å². The largest absolute Gasteiger partial charge is 0.382 e. The number of carbonyl (C=O) groups is 2. The first-order valence-electron chi connectivity index (χ1n) is 8.70. The molecule has 0 aliphatic carbocycles. The summed E-state index contributed by atoms with van der Waals surface area (Å²) in [6.45, 7) is 0. The number of nitrogens with zero attached hydrogens (tertiary/aromatic N) is 3. The van der Waals surface area contributed by atoms with Gasteiger partial charge in [-0.1, -0.05) is 11.2 Å². The van der Waals surface area contributed by atoms with Crippen molar-refractivity contribution >= 4 is 23.1 Å². The summed E-state index contributed by atoms with van der Waals surface area (Å²) < 4.78 is 0. The number of benzene rings is 1. The summed E-state index contributed by atoms with van der Waals surface area (Å²) in [6, 6.07) is 15.5. The molecule has 0 saturated carbocycles. The fourth-order valence-electron chi connectivity index (χ4n) is 2.79. The molecule has 1 aromatic carbocycles. The molecule has 3 aromatic rings. The summed E-state index contributed by atoms with van der Waals surface area (Å²) in [5.74, 6) is -0.474. The molecule has 7 nitrogen and oxygen atoms in total. The average Bonchev–Trinajstić information content (AvgIpc) is 3.26. The van der Waals surface area contributed by atoms with Crippen LogP contribution in [-0.2, 0) is 9.63 Å². The number of anilines is 1. The summed E-state index contributed by atoms with van der Waals surface area (Å²) in [4.78, 5) is 38.2. The molecule has 1 amide bonds. The Bertz CT molecular complexity index is 1020. The predicted molar refractivity (Wildman–Crippen MR) is 103 cm³/mol. The highest BCUT2D eigenvalue weighted by Gasteiger charge is 2.29. The van der Waals surface area contributed by atoms with Crippen molar-refractivity contribution in [3.05, 3.63) is 90.0 Å². The predicted octanol–water partition coefficient (Wildman–Crippen LogP) is 2.84. The van der Waals surface area contributed by atoms with Crippen LogP contribution in [-0.4, -0.2) is 33.5 Å². The van der Waals surface area contributed by atoms with E-state index in [9.17, 15) is 9.59 Å². The van der Waals surface area contributed by atoms with Crippen molar-refractivity contribution in [1.82, 2.24) is 9.97 Å². The normalized spacial score (nSPS) is 15.4. The fourth-order valence-corrected chi connectivity index (χ4v) is 2.79. The van der Waals surface area contributed by atoms with Crippen LogP contribution in [0.2, 0.25) is 0 Å². The summed E-state index contributed by atoms with van der Waals surface area (Å²) in [6.07, 6.45) is 4.59. The van der Waals surface area contributed by atoms with E-state index in [1.54, 1.807) is 67.1 Å². The van der Waals surface area contributed by atoms with E-state index in [0.29, 0.717) is 29.1 Å². The maximum absolute atomic E-state index is 12.4. The number of hydrogen-bond donors (Lipinski definition) is 1. The van der Waals surface area contributed by atoms with E-state index in [2.05, 4.69) is 20.4 Å². The zero-order chi connectivity index (χ0) is 19.3. The number of ketones is 1. The van der Waals surface area contributed by atoms with Crippen LogP contribution in [0.3, 0.4) is 0 Å². The minimum absolute atomic E-state index is 0.174. The topological polar surface area (TPSA) is 93.5 Å². The molecule has 3 heterocycles. The molecule has 0 saturated heterocycles. The number of hydrogen-bond acceptors (Lipinski definition) is 6. The summed E-state index contributed by atoms with van der Waals surface area (Å²) in [5, 5.41) is 6.77. The van der Waals surface area contributed by atoms with Crippen molar-refractivity contribution in [2.24, 2.45) is 5.16 Å². The summed E-state index contributed by atoms with van der Waals surface area (Å²) in [7, 11) is 0. The number of amides is 1. The van der Waals surface area contributed by atoms with Crippen LogP contribution < -0.4 is 5.32 Å². The molecule has 2 aromatic heterocycles. The smallest absolute Gasteiger partial charge is 0.268 e. The highest BCUT2D eigenvalue weighted by Crippen LogP contribution is 2.19. The Morgan fingerprint density at radius 1 is 1.00 bits per heavy atom. The Kier molecular flexibility index (Phi) is 4.88. The minimum Gasteiger partial charge on any atom is -0.382 e. The van der Waals surface area contributed by atoms with Crippen LogP contribution in [0, 0.1) is 0 Å². The van der Waals surface area contributed by atoms with Gasteiger partial charge in [-0.25, -0.2) is 0 Å². The van der Waals surface area contributed by atoms with Crippen LogP contribution in [0.5, 0.6) is 0 Å². The Hall–Kier alpha value is -3.87. The molecular formula is C21H16N4O3. The number of carbonyl (C=O) groups excluding carboxylic acids is 2. The Balaban J connectivity index is 1.37. The summed E-state index contributed by atoms with van der Waals surface area (Å²) >= 11 is 0.